The van der Waals surface area contributed by atoms with Gasteiger partial charge in [-0.2, -0.15) is 0 Å². The number of carbonyl (C=O) groups excluding carboxylic acids is 1. The zero-order valence-electron chi connectivity index (χ0n) is 9.20. The summed E-state index contributed by atoms with van der Waals surface area (Å²) in [6.07, 6.45) is 6.17. The summed E-state index contributed by atoms with van der Waals surface area (Å²) < 4.78 is 5.05. The molecule has 0 aliphatic heterocycles. The third kappa shape index (κ3) is 3.21. The summed E-state index contributed by atoms with van der Waals surface area (Å²) in [5.74, 6) is -0.702. The number of aliphatic carboxylic acids is 1. The maximum absolute atomic E-state index is 11.8. The van der Waals surface area contributed by atoms with Crippen molar-refractivity contribution in [1.82, 2.24) is 4.90 Å². The minimum atomic E-state index is -0.989. The Balaban J connectivity index is 1.99. The maximum Gasteiger partial charge on any atom is 0.323 e. The molecule has 1 aromatic heterocycles. The Hall–Kier alpha value is -2.04. The van der Waals surface area contributed by atoms with Gasteiger partial charge in [0.2, 0.25) is 5.91 Å². The summed E-state index contributed by atoms with van der Waals surface area (Å²) in [4.78, 5) is 23.8. The summed E-state index contributed by atoms with van der Waals surface area (Å²) in [6, 6.07) is 3.53. The van der Waals surface area contributed by atoms with Crippen LogP contribution in [0.4, 0.5) is 0 Å². The van der Waals surface area contributed by atoms with Crippen molar-refractivity contribution in [2.45, 2.75) is 18.9 Å². The molecule has 2 rings (SSSR count). The molecule has 5 heteroatoms. The van der Waals surface area contributed by atoms with Gasteiger partial charge in [-0.05, 0) is 31.1 Å². The predicted molar refractivity (Wildman–Crippen MR) is 60.1 cm³/mol. The van der Waals surface area contributed by atoms with Crippen LogP contribution in [0.3, 0.4) is 0 Å². The number of carboxylic acids is 1. The minimum absolute atomic E-state index is 0.0832. The number of hydrogen-bond acceptors (Lipinski definition) is 3. The Morgan fingerprint density at radius 1 is 1.53 bits per heavy atom. The average Bonchev–Trinajstić information content (AvgIpc) is 2.99. The Morgan fingerprint density at radius 3 is 2.82 bits per heavy atom. The number of rotatable bonds is 5. The van der Waals surface area contributed by atoms with Gasteiger partial charge in [-0.3, -0.25) is 9.59 Å². The molecule has 1 amide bonds. The first-order chi connectivity index (χ1) is 8.16. The van der Waals surface area contributed by atoms with Crippen molar-refractivity contribution in [2.24, 2.45) is 0 Å². The molecule has 1 heterocycles. The third-order valence-corrected chi connectivity index (χ3v) is 2.51. The second-order valence-corrected chi connectivity index (χ2v) is 3.94. The molecule has 1 N–H and O–H groups in total. The van der Waals surface area contributed by atoms with Gasteiger partial charge in [0.15, 0.2) is 0 Å². The fourth-order valence-corrected chi connectivity index (χ4v) is 1.55. The second-order valence-electron chi connectivity index (χ2n) is 3.94. The van der Waals surface area contributed by atoms with Crippen LogP contribution < -0.4 is 0 Å². The van der Waals surface area contributed by atoms with Crippen molar-refractivity contribution in [3.05, 3.63) is 30.2 Å². The normalized spacial score (nSPS) is 15.1. The highest BCUT2D eigenvalue weighted by molar-refractivity contribution is 5.93. The van der Waals surface area contributed by atoms with Crippen molar-refractivity contribution >= 4 is 18.0 Å². The van der Waals surface area contributed by atoms with E-state index in [0.717, 1.165) is 12.8 Å². The summed E-state index contributed by atoms with van der Waals surface area (Å²) in [6.45, 7) is -0.244. The fourth-order valence-electron chi connectivity index (χ4n) is 1.55. The lowest BCUT2D eigenvalue weighted by Gasteiger charge is -2.17. The first-order valence-electron chi connectivity index (χ1n) is 5.41. The number of carbonyl (C=O) groups is 2. The van der Waals surface area contributed by atoms with Crippen LogP contribution in [0, 0.1) is 0 Å². The van der Waals surface area contributed by atoms with E-state index in [1.807, 2.05) is 0 Å². The van der Waals surface area contributed by atoms with E-state index in [1.165, 1.54) is 17.2 Å². The molecule has 0 unspecified atom stereocenters. The molecular weight excluding hydrogens is 222 g/mol. The highest BCUT2D eigenvalue weighted by Gasteiger charge is 2.32. The first-order valence-corrected chi connectivity index (χ1v) is 5.41. The van der Waals surface area contributed by atoms with Gasteiger partial charge in [-0.25, -0.2) is 0 Å². The molecular formula is C12H13NO4. The largest absolute Gasteiger partial charge is 0.480 e. The van der Waals surface area contributed by atoms with Crippen LogP contribution in [0.5, 0.6) is 0 Å². The summed E-state index contributed by atoms with van der Waals surface area (Å²) in [7, 11) is 0. The van der Waals surface area contributed by atoms with E-state index in [9.17, 15) is 9.59 Å². The van der Waals surface area contributed by atoms with E-state index >= 15 is 0 Å². The molecule has 1 aliphatic rings. The van der Waals surface area contributed by atoms with Crippen LogP contribution in [-0.2, 0) is 9.59 Å². The summed E-state index contributed by atoms with van der Waals surface area (Å²) >= 11 is 0. The van der Waals surface area contributed by atoms with Gasteiger partial charge in [0, 0.05) is 12.1 Å². The molecule has 0 aromatic carbocycles. The molecule has 0 radical (unpaired) electrons. The average molecular weight is 235 g/mol. The molecule has 1 fully saturated rings. The molecule has 5 nitrogen and oxygen atoms in total. The monoisotopic (exact) mass is 235 g/mol. The quantitative estimate of drug-likeness (QED) is 0.782. The second kappa shape index (κ2) is 4.86. The molecule has 90 valence electrons. The third-order valence-electron chi connectivity index (χ3n) is 2.51. The maximum atomic E-state index is 11.8. The fraction of sp³-hybridized carbons (Fsp3) is 0.333. The zero-order valence-corrected chi connectivity index (χ0v) is 9.20. The zero-order chi connectivity index (χ0) is 12.3. The molecule has 0 bridgehead atoms. The van der Waals surface area contributed by atoms with Gasteiger partial charge in [0.25, 0.3) is 0 Å². The van der Waals surface area contributed by atoms with E-state index in [2.05, 4.69) is 0 Å². The number of hydrogen-bond donors (Lipinski definition) is 1. The Bertz CT molecular complexity index is 431. The van der Waals surface area contributed by atoms with Crippen molar-refractivity contribution in [3.8, 4) is 0 Å². The van der Waals surface area contributed by atoms with Gasteiger partial charge < -0.3 is 14.4 Å². The van der Waals surface area contributed by atoms with E-state index in [4.69, 9.17) is 9.52 Å². The highest BCUT2D eigenvalue weighted by Crippen LogP contribution is 2.26. The van der Waals surface area contributed by atoms with Crippen LogP contribution in [0.15, 0.2) is 28.9 Å². The Morgan fingerprint density at radius 2 is 2.29 bits per heavy atom. The summed E-state index contributed by atoms with van der Waals surface area (Å²) in [5.41, 5.74) is 0. The van der Waals surface area contributed by atoms with Crippen molar-refractivity contribution in [3.63, 3.8) is 0 Å². The molecule has 1 aliphatic carbocycles. The number of furan rings is 1. The number of amides is 1. The van der Waals surface area contributed by atoms with E-state index < -0.39 is 5.97 Å². The van der Waals surface area contributed by atoms with Crippen molar-refractivity contribution < 1.29 is 19.1 Å². The molecule has 0 spiro atoms. The van der Waals surface area contributed by atoms with E-state index in [0.29, 0.717) is 5.76 Å². The molecule has 0 atom stereocenters. The van der Waals surface area contributed by atoms with Gasteiger partial charge >= 0.3 is 5.97 Å². The molecule has 0 saturated heterocycles. The first kappa shape index (κ1) is 11.4. The smallest absolute Gasteiger partial charge is 0.323 e. The van der Waals surface area contributed by atoms with Crippen molar-refractivity contribution in [1.29, 1.82) is 0 Å². The van der Waals surface area contributed by atoms with Crippen LogP contribution in [0.1, 0.15) is 18.6 Å². The van der Waals surface area contributed by atoms with Gasteiger partial charge in [0.05, 0.1) is 6.26 Å². The number of carboxylic acid groups (broad SMARTS) is 1. The van der Waals surface area contributed by atoms with Crippen LogP contribution in [-0.4, -0.2) is 34.5 Å². The van der Waals surface area contributed by atoms with Gasteiger partial charge in [-0.15, -0.1) is 0 Å². The SMILES string of the molecule is O=C(O)CN(C(=O)/C=C/c1ccco1)C1CC1. The molecule has 17 heavy (non-hydrogen) atoms. The lowest BCUT2D eigenvalue weighted by molar-refractivity contribution is -0.143. The predicted octanol–water partition coefficient (Wildman–Crippen LogP) is 1.37. The van der Waals surface area contributed by atoms with Gasteiger partial charge in [-0.1, -0.05) is 0 Å². The minimum Gasteiger partial charge on any atom is -0.480 e. The Labute approximate surface area is 98.3 Å². The van der Waals surface area contributed by atoms with Crippen LogP contribution in [0.2, 0.25) is 0 Å². The standard InChI is InChI=1S/C12H13NO4/c14-11(6-5-10-2-1-7-17-10)13(8-12(15)16)9-3-4-9/h1-2,5-7,9H,3-4,8H2,(H,15,16)/b6-5+. The highest BCUT2D eigenvalue weighted by atomic mass is 16.4. The number of nitrogens with zero attached hydrogens (tertiary/aromatic N) is 1. The van der Waals surface area contributed by atoms with Crippen LogP contribution >= 0.6 is 0 Å². The van der Waals surface area contributed by atoms with Gasteiger partial charge in [0.1, 0.15) is 12.3 Å². The summed E-state index contributed by atoms with van der Waals surface area (Å²) in [5, 5.41) is 8.73. The lowest BCUT2D eigenvalue weighted by atomic mass is 10.3. The lowest BCUT2D eigenvalue weighted by Crippen LogP contribution is -2.36. The van der Waals surface area contributed by atoms with Crippen LogP contribution in [0.25, 0.3) is 6.08 Å². The Kier molecular flexibility index (Phi) is 3.27. The topological polar surface area (TPSA) is 70.8 Å². The molecule has 1 aromatic rings. The van der Waals surface area contributed by atoms with E-state index in [1.54, 1.807) is 18.2 Å². The van der Waals surface area contributed by atoms with E-state index in [-0.39, 0.29) is 18.5 Å². The van der Waals surface area contributed by atoms with Crippen molar-refractivity contribution in [2.75, 3.05) is 6.54 Å². The molecule has 1 saturated carbocycles.